The van der Waals surface area contributed by atoms with E-state index in [-0.39, 0.29) is 0 Å². The second kappa shape index (κ2) is 6.06. The van der Waals surface area contributed by atoms with E-state index in [4.69, 9.17) is 4.52 Å². The van der Waals surface area contributed by atoms with Gasteiger partial charge in [0.25, 0.3) is 0 Å². The molecule has 18 heavy (non-hydrogen) atoms. The molecule has 2 heterocycles. The Bertz CT molecular complexity index is 512. The van der Waals surface area contributed by atoms with Gasteiger partial charge in [-0.1, -0.05) is 19.0 Å². The van der Waals surface area contributed by atoms with Crippen molar-refractivity contribution in [1.82, 2.24) is 20.4 Å². The van der Waals surface area contributed by atoms with Crippen molar-refractivity contribution in [3.05, 3.63) is 28.8 Å². The standard InChI is InChI=1S/C12H15BrN4O/c1-8(2)4-14-7-11-16-12(17-18-11)9-3-10(13)6-15-5-9/h3,5-6,8,14H,4,7H2,1-2H3. The molecule has 2 aromatic rings. The maximum absolute atomic E-state index is 5.17. The lowest BCUT2D eigenvalue weighted by Gasteiger charge is -2.03. The molecule has 0 aliphatic heterocycles. The first kappa shape index (κ1) is 13.2. The molecular formula is C12H15BrN4O. The molecule has 0 aliphatic carbocycles. The van der Waals surface area contributed by atoms with E-state index in [2.05, 4.69) is 50.2 Å². The van der Waals surface area contributed by atoms with Gasteiger partial charge in [-0.25, -0.2) is 0 Å². The summed E-state index contributed by atoms with van der Waals surface area (Å²) >= 11 is 3.36. The van der Waals surface area contributed by atoms with Crippen LogP contribution in [-0.2, 0) is 6.54 Å². The van der Waals surface area contributed by atoms with Crippen LogP contribution in [0.5, 0.6) is 0 Å². The lowest BCUT2D eigenvalue weighted by atomic mass is 10.2. The second-order valence-electron chi connectivity index (χ2n) is 4.43. The van der Waals surface area contributed by atoms with Crippen LogP contribution in [0.2, 0.25) is 0 Å². The Labute approximate surface area is 114 Å². The van der Waals surface area contributed by atoms with Gasteiger partial charge in [0, 0.05) is 22.4 Å². The summed E-state index contributed by atoms with van der Waals surface area (Å²) in [5.74, 6) is 1.75. The Balaban J connectivity index is 2.02. The summed E-state index contributed by atoms with van der Waals surface area (Å²) in [6.45, 7) is 5.82. The van der Waals surface area contributed by atoms with Gasteiger partial charge < -0.3 is 9.84 Å². The molecule has 0 saturated heterocycles. The zero-order chi connectivity index (χ0) is 13.0. The Morgan fingerprint density at radius 2 is 2.22 bits per heavy atom. The van der Waals surface area contributed by atoms with E-state index >= 15 is 0 Å². The predicted molar refractivity (Wildman–Crippen MR) is 71.8 cm³/mol. The molecule has 0 aliphatic rings. The number of nitrogens with zero attached hydrogens (tertiary/aromatic N) is 3. The molecule has 0 aromatic carbocycles. The van der Waals surface area contributed by atoms with Crippen molar-refractivity contribution >= 4 is 15.9 Å². The molecule has 5 nitrogen and oxygen atoms in total. The zero-order valence-corrected chi connectivity index (χ0v) is 11.9. The number of pyridine rings is 1. The summed E-state index contributed by atoms with van der Waals surface area (Å²) in [5, 5.41) is 7.19. The molecule has 0 saturated carbocycles. The van der Waals surface area contributed by atoms with Gasteiger partial charge in [-0.15, -0.1) is 0 Å². The van der Waals surface area contributed by atoms with Crippen molar-refractivity contribution in [2.24, 2.45) is 5.92 Å². The Morgan fingerprint density at radius 1 is 1.39 bits per heavy atom. The maximum atomic E-state index is 5.17. The normalized spacial score (nSPS) is 11.1. The molecule has 2 rings (SSSR count). The largest absolute Gasteiger partial charge is 0.338 e. The third kappa shape index (κ3) is 3.61. The number of hydrogen-bond donors (Lipinski definition) is 1. The molecule has 0 amide bonds. The average Bonchev–Trinajstić information content (AvgIpc) is 2.77. The van der Waals surface area contributed by atoms with Crippen LogP contribution in [0.4, 0.5) is 0 Å². The van der Waals surface area contributed by atoms with Crippen molar-refractivity contribution in [1.29, 1.82) is 0 Å². The van der Waals surface area contributed by atoms with Crippen LogP contribution in [0.25, 0.3) is 11.4 Å². The van der Waals surface area contributed by atoms with Crippen molar-refractivity contribution in [3.63, 3.8) is 0 Å². The van der Waals surface area contributed by atoms with E-state index in [1.807, 2.05) is 6.07 Å². The van der Waals surface area contributed by atoms with Crippen molar-refractivity contribution < 1.29 is 4.52 Å². The van der Waals surface area contributed by atoms with E-state index in [1.54, 1.807) is 12.4 Å². The minimum atomic E-state index is 0.560. The average molecular weight is 311 g/mol. The van der Waals surface area contributed by atoms with E-state index < -0.39 is 0 Å². The molecular weight excluding hydrogens is 296 g/mol. The lowest BCUT2D eigenvalue weighted by Crippen LogP contribution is -2.19. The van der Waals surface area contributed by atoms with Gasteiger partial charge >= 0.3 is 0 Å². The molecule has 0 bridgehead atoms. The SMILES string of the molecule is CC(C)CNCc1nc(-c2cncc(Br)c2)no1. The summed E-state index contributed by atoms with van der Waals surface area (Å²) in [7, 11) is 0. The number of hydrogen-bond acceptors (Lipinski definition) is 5. The monoisotopic (exact) mass is 310 g/mol. The number of aromatic nitrogens is 3. The second-order valence-corrected chi connectivity index (χ2v) is 5.34. The molecule has 0 unspecified atom stereocenters. The number of halogens is 1. The van der Waals surface area contributed by atoms with Crippen LogP contribution in [0.1, 0.15) is 19.7 Å². The Morgan fingerprint density at radius 3 is 2.94 bits per heavy atom. The molecule has 1 N–H and O–H groups in total. The first-order chi connectivity index (χ1) is 8.65. The van der Waals surface area contributed by atoms with E-state index in [0.717, 1.165) is 16.6 Å². The zero-order valence-electron chi connectivity index (χ0n) is 10.4. The van der Waals surface area contributed by atoms with Crippen LogP contribution in [0.3, 0.4) is 0 Å². The van der Waals surface area contributed by atoms with Gasteiger partial charge in [0.2, 0.25) is 11.7 Å². The fourth-order valence-corrected chi connectivity index (χ4v) is 1.81. The third-order valence-electron chi connectivity index (χ3n) is 2.26. The quantitative estimate of drug-likeness (QED) is 0.919. The van der Waals surface area contributed by atoms with Crippen LogP contribution < -0.4 is 5.32 Å². The molecule has 96 valence electrons. The van der Waals surface area contributed by atoms with Gasteiger partial charge in [0.05, 0.1) is 6.54 Å². The summed E-state index contributed by atoms with van der Waals surface area (Å²) < 4.78 is 6.07. The molecule has 0 radical (unpaired) electrons. The molecule has 0 spiro atoms. The minimum absolute atomic E-state index is 0.560. The molecule has 0 fully saturated rings. The predicted octanol–water partition coefficient (Wildman–Crippen LogP) is 2.64. The lowest BCUT2D eigenvalue weighted by molar-refractivity contribution is 0.364. The molecule has 6 heteroatoms. The first-order valence-electron chi connectivity index (χ1n) is 5.79. The van der Waals surface area contributed by atoms with Gasteiger partial charge in [-0.2, -0.15) is 4.98 Å². The van der Waals surface area contributed by atoms with Crippen molar-refractivity contribution in [3.8, 4) is 11.4 Å². The fraction of sp³-hybridized carbons (Fsp3) is 0.417. The summed E-state index contributed by atoms with van der Waals surface area (Å²) in [4.78, 5) is 8.39. The minimum Gasteiger partial charge on any atom is -0.338 e. The van der Waals surface area contributed by atoms with Gasteiger partial charge in [0.15, 0.2) is 0 Å². The van der Waals surface area contributed by atoms with Crippen LogP contribution in [0, 0.1) is 5.92 Å². The third-order valence-corrected chi connectivity index (χ3v) is 2.69. The highest BCUT2D eigenvalue weighted by molar-refractivity contribution is 9.10. The fourth-order valence-electron chi connectivity index (χ4n) is 1.45. The first-order valence-corrected chi connectivity index (χ1v) is 6.58. The van der Waals surface area contributed by atoms with Crippen LogP contribution in [-0.4, -0.2) is 21.7 Å². The van der Waals surface area contributed by atoms with Gasteiger partial charge in [-0.05, 0) is 34.5 Å². The van der Waals surface area contributed by atoms with Gasteiger partial charge in [0.1, 0.15) is 0 Å². The van der Waals surface area contributed by atoms with Crippen molar-refractivity contribution in [2.45, 2.75) is 20.4 Å². The highest BCUT2D eigenvalue weighted by Crippen LogP contribution is 2.18. The summed E-state index contributed by atoms with van der Waals surface area (Å²) in [6, 6.07) is 1.91. The Hall–Kier alpha value is -1.27. The topological polar surface area (TPSA) is 63.8 Å². The Kier molecular flexibility index (Phi) is 4.43. The van der Waals surface area contributed by atoms with Gasteiger partial charge in [-0.3, -0.25) is 4.98 Å². The molecule has 2 aromatic heterocycles. The number of nitrogens with one attached hydrogen (secondary N) is 1. The summed E-state index contributed by atoms with van der Waals surface area (Å²) in [5.41, 5.74) is 0.836. The number of rotatable bonds is 5. The van der Waals surface area contributed by atoms with Crippen molar-refractivity contribution in [2.75, 3.05) is 6.54 Å². The van der Waals surface area contributed by atoms with E-state index in [9.17, 15) is 0 Å². The maximum Gasteiger partial charge on any atom is 0.240 e. The summed E-state index contributed by atoms with van der Waals surface area (Å²) in [6.07, 6.45) is 3.43. The smallest absolute Gasteiger partial charge is 0.240 e. The molecule has 0 atom stereocenters. The van der Waals surface area contributed by atoms with Crippen LogP contribution >= 0.6 is 15.9 Å². The van der Waals surface area contributed by atoms with E-state index in [0.29, 0.717) is 24.2 Å². The van der Waals surface area contributed by atoms with Crippen LogP contribution in [0.15, 0.2) is 27.5 Å². The highest BCUT2D eigenvalue weighted by atomic mass is 79.9. The van der Waals surface area contributed by atoms with E-state index in [1.165, 1.54) is 0 Å². The highest BCUT2D eigenvalue weighted by Gasteiger charge is 2.09.